The van der Waals surface area contributed by atoms with Gasteiger partial charge in [0.1, 0.15) is 6.67 Å². The van der Waals surface area contributed by atoms with Crippen molar-refractivity contribution in [3.8, 4) is 0 Å². The third kappa shape index (κ3) is 2.92. The predicted octanol–water partition coefficient (Wildman–Crippen LogP) is 1.97. The molecule has 4 heteroatoms. The third-order valence-electron chi connectivity index (χ3n) is 1.56. The van der Waals surface area contributed by atoms with Gasteiger partial charge in [0, 0.05) is 24.9 Å². The number of hydrogen-bond donors (Lipinski definition) is 0. The van der Waals surface area contributed by atoms with Crippen LogP contribution in [-0.2, 0) is 0 Å². The highest BCUT2D eigenvalue weighted by atomic mass is 32.2. The lowest BCUT2D eigenvalue weighted by molar-refractivity contribution is 0.396. The van der Waals surface area contributed by atoms with E-state index >= 15 is 0 Å². The van der Waals surface area contributed by atoms with E-state index in [1.54, 1.807) is 11.9 Å². The molecule has 64 valence electrons. The summed E-state index contributed by atoms with van der Waals surface area (Å²) in [6.07, 6.45) is 8.97. The Kier molecular flexibility index (Phi) is 4.09. The SMILES string of the molecule is CCPCN1C=CN(SC)C1. The molecule has 2 nitrogen and oxygen atoms in total. The zero-order valence-corrected chi connectivity index (χ0v) is 8.90. The van der Waals surface area contributed by atoms with E-state index in [-0.39, 0.29) is 0 Å². The predicted molar refractivity (Wildman–Crippen MR) is 54.9 cm³/mol. The minimum atomic E-state index is 1.06. The summed E-state index contributed by atoms with van der Waals surface area (Å²) in [5.41, 5.74) is 0. The fraction of sp³-hybridized carbons (Fsp3) is 0.714. The summed E-state index contributed by atoms with van der Waals surface area (Å²) >= 11 is 1.78. The van der Waals surface area contributed by atoms with Gasteiger partial charge in [0.15, 0.2) is 0 Å². The van der Waals surface area contributed by atoms with Crippen LogP contribution < -0.4 is 0 Å². The van der Waals surface area contributed by atoms with Crippen LogP contribution in [0.2, 0.25) is 0 Å². The molecule has 1 aliphatic heterocycles. The molecule has 0 saturated carbocycles. The van der Waals surface area contributed by atoms with Crippen LogP contribution in [0, 0.1) is 0 Å². The van der Waals surface area contributed by atoms with Gasteiger partial charge in [-0.1, -0.05) is 18.9 Å². The van der Waals surface area contributed by atoms with Crippen LogP contribution in [0.15, 0.2) is 12.4 Å². The van der Waals surface area contributed by atoms with Crippen molar-refractivity contribution in [1.29, 1.82) is 0 Å². The fourth-order valence-corrected chi connectivity index (χ4v) is 2.07. The Morgan fingerprint density at radius 3 is 2.91 bits per heavy atom. The Balaban J connectivity index is 2.15. The molecule has 0 spiro atoms. The van der Waals surface area contributed by atoms with Crippen molar-refractivity contribution in [2.75, 3.05) is 25.4 Å². The Hall–Kier alpha value is 0.120. The first kappa shape index (κ1) is 9.21. The molecule has 0 aromatic heterocycles. The van der Waals surface area contributed by atoms with Crippen LogP contribution in [0.25, 0.3) is 0 Å². The topological polar surface area (TPSA) is 6.48 Å². The summed E-state index contributed by atoms with van der Waals surface area (Å²) in [6.45, 7) is 3.30. The molecule has 0 radical (unpaired) electrons. The van der Waals surface area contributed by atoms with Gasteiger partial charge in [0.2, 0.25) is 0 Å². The van der Waals surface area contributed by atoms with Crippen molar-refractivity contribution in [3.05, 3.63) is 12.4 Å². The molecular formula is C7H15N2PS. The average molecular weight is 190 g/mol. The highest BCUT2D eigenvalue weighted by Crippen LogP contribution is 2.19. The van der Waals surface area contributed by atoms with E-state index in [0.29, 0.717) is 0 Å². The minimum absolute atomic E-state index is 1.06. The molecule has 0 bridgehead atoms. The zero-order valence-electron chi connectivity index (χ0n) is 7.08. The van der Waals surface area contributed by atoms with Crippen molar-refractivity contribution in [2.24, 2.45) is 0 Å². The summed E-state index contributed by atoms with van der Waals surface area (Å²) in [5, 5.41) is 0. The van der Waals surface area contributed by atoms with Gasteiger partial charge >= 0.3 is 0 Å². The van der Waals surface area contributed by atoms with E-state index < -0.39 is 0 Å². The summed E-state index contributed by atoms with van der Waals surface area (Å²) in [6, 6.07) is 0. The fourth-order valence-electron chi connectivity index (χ4n) is 0.919. The maximum absolute atomic E-state index is 2.36. The Morgan fingerprint density at radius 2 is 2.36 bits per heavy atom. The van der Waals surface area contributed by atoms with E-state index in [1.165, 1.54) is 12.4 Å². The molecular weight excluding hydrogens is 175 g/mol. The van der Waals surface area contributed by atoms with E-state index in [2.05, 4.69) is 34.8 Å². The highest BCUT2D eigenvalue weighted by molar-refractivity contribution is 7.96. The summed E-state index contributed by atoms with van der Waals surface area (Å²) in [5.74, 6) is 0. The highest BCUT2D eigenvalue weighted by Gasteiger charge is 2.09. The van der Waals surface area contributed by atoms with Gasteiger partial charge in [-0.2, -0.15) is 0 Å². The van der Waals surface area contributed by atoms with Gasteiger partial charge in [-0.05, 0) is 6.16 Å². The Labute approximate surface area is 74.9 Å². The van der Waals surface area contributed by atoms with Crippen LogP contribution in [0.5, 0.6) is 0 Å². The van der Waals surface area contributed by atoms with Gasteiger partial charge in [-0.15, -0.1) is 8.58 Å². The minimum Gasteiger partial charge on any atom is -0.354 e. The van der Waals surface area contributed by atoms with Crippen molar-refractivity contribution in [1.82, 2.24) is 9.21 Å². The summed E-state index contributed by atoms with van der Waals surface area (Å²) in [7, 11) is 1.08. The van der Waals surface area contributed by atoms with Gasteiger partial charge in [0.25, 0.3) is 0 Å². The first-order valence-electron chi connectivity index (χ1n) is 3.80. The molecule has 1 aliphatic rings. The maximum Gasteiger partial charge on any atom is 0.100 e. The van der Waals surface area contributed by atoms with Crippen molar-refractivity contribution in [2.45, 2.75) is 6.92 Å². The van der Waals surface area contributed by atoms with Crippen molar-refractivity contribution >= 4 is 20.5 Å². The summed E-state index contributed by atoms with van der Waals surface area (Å²) in [4.78, 5) is 2.36. The maximum atomic E-state index is 2.36. The van der Waals surface area contributed by atoms with Crippen LogP contribution in [0.4, 0.5) is 0 Å². The standard InChI is InChI=1S/C7H15N2PS/c1-3-10-7-8-4-5-9(6-8)11-2/h4-5,10H,3,6-7H2,1-2H3. The monoisotopic (exact) mass is 190 g/mol. The first-order valence-corrected chi connectivity index (χ1v) is 6.40. The van der Waals surface area contributed by atoms with E-state index in [9.17, 15) is 0 Å². The number of nitrogens with zero attached hydrogens (tertiary/aromatic N) is 2. The van der Waals surface area contributed by atoms with Crippen LogP contribution in [0.3, 0.4) is 0 Å². The van der Waals surface area contributed by atoms with Gasteiger partial charge in [0.05, 0.1) is 0 Å². The molecule has 1 heterocycles. The molecule has 0 aromatic rings. The molecule has 0 N–H and O–H groups in total. The van der Waals surface area contributed by atoms with E-state index in [0.717, 1.165) is 15.2 Å². The van der Waals surface area contributed by atoms with Gasteiger partial charge in [-0.3, -0.25) is 0 Å². The summed E-state index contributed by atoms with van der Waals surface area (Å²) < 4.78 is 2.24. The normalized spacial score (nSPS) is 17.6. The second kappa shape index (κ2) is 4.89. The number of rotatable bonds is 4. The average Bonchev–Trinajstić information content (AvgIpc) is 2.48. The third-order valence-corrected chi connectivity index (χ3v) is 3.40. The quantitative estimate of drug-likeness (QED) is 0.494. The van der Waals surface area contributed by atoms with Crippen LogP contribution in [0.1, 0.15) is 6.92 Å². The lowest BCUT2D eigenvalue weighted by atomic mass is 10.9. The largest absolute Gasteiger partial charge is 0.354 e. The molecule has 0 saturated heterocycles. The molecule has 0 aromatic carbocycles. The Morgan fingerprint density at radius 1 is 1.55 bits per heavy atom. The lowest BCUT2D eigenvalue weighted by Gasteiger charge is -2.18. The van der Waals surface area contributed by atoms with Crippen LogP contribution in [-0.4, -0.2) is 34.6 Å². The van der Waals surface area contributed by atoms with E-state index in [1.807, 2.05) is 0 Å². The molecule has 0 fully saturated rings. The lowest BCUT2D eigenvalue weighted by Crippen LogP contribution is -2.19. The number of hydrogen-bond acceptors (Lipinski definition) is 3. The smallest absolute Gasteiger partial charge is 0.100 e. The molecule has 1 rings (SSSR count). The van der Waals surface area contributed by atoms with Crippen LogP contribution >= 0.6 is 20.5 Å². The molecule has 1 atom stereocenters. The van der Waals surface area contributed by atoms with Crippen molar-refractivity contribution in [3.63, 3.8) is 0 Å². The first-order chi connectivity index (χ1) is 5.36. The zero-order chi connectivity index (χ0) is 8.10. The molecule has 1 unspecified atom stereocenters. The van der Waals surface area contributed by atoms with E-state index in [4.69, 9.17) is 0 Å². The second-order valence-electron chi connectivity index (χ2n) is 2.39. The molecule has 11 heavy (non-hydrogen) atoms. The Bertz CT molecular complexity index is 140. The molecule has 0 aliphatic carbocycles. The molecule has 0 amide bonds. The van der Waals surface area contributed by atoms with Crippen molar-refractivity contribution < 1.29 is 0 Å². The second-order valence-corrected chi connectivity index (χ2v) is 4.75. The van der Waals surface area contributed by atoms with Gasteiger partial charge < -0.3 is 9.21 Å². The van der Waals surface area contributed by atoms with Gasteiger partial charge in [-0.25, -0.2) is 0 Å².